The van der Waals surface area contributed by atoms with Gasteiger partial charge in [0, 0.05) is 22.8 Å². The Hall–Kier alpha value is -2.57. The average Bonchev–Trinajstić information content (AvgIpc) is 2.77. The van der Waals surface area contributed by atoms with E-state index in [0.717, 1.165) is 4.90 Å². The second-order valence-electron chi connectivity index (χ2n) is 5.37. The minimum Gasteiger partial charge on any atom is -0.484 e. The Morgan fingerprint density at radius 2 is 1.68 bits per heavy atom. The molecule has 1 aliphatic rings. The highest BCUT2D eigenvalue weighted by atomic mass is 35.5. The fourth-order valence-electron chi connectivity index (χ4n) is 2.40. The molecule has 25 heavy (non-hydrogen) atoms. The summed E-state index contributed by atoms with van der Waals surface area (Å²) in [7, 11) is 1.41. The number of amides is 3. The maximum absolute atomic E-state index is 12.0. The van der Waals surface area contributed by atoms with Gasteiger partial charge in [-0.25, -0.2) is 0 Å². The summed E-state index contributed by atoms with van der Waals surface area (Å²) < 4.78 is 5.34. The molecule has 128 valence electrons. The summed E-state index contributed by atoms with van der Waals surface area (Å²) in [5.74, 6) is -0.829. The summed E-state index contributed by atoms with van der Waals surface area (Å²) in [5, 5.41) is 3.40. The molecule has 0 saturated heterocycles. The number of carbonyl (C=O) groups excluding carboxylic acids is 3. The molecule has 2 aromatic rings. The number of rotatable bonds is 4. The Morgan fingerprint density at radius 1 is 1.04 bits per heavy atom. The van der Waals surface area contributed by atoms with Crippen molar-refractivity contribution < 1.29 is 19.1 Å². The van der Waals surface area contributed by atoms with Gasteiger partial charge in [-0.2, -0.15) is 0 Å². The zero-order valence-electron chi connectivity index (χ0n) is 13.0. The van der Waals surface area contributed by atoms with Gasteiger partial charge >= 0.3 is 0 Å². The first-order valence-corrected chi connectivity index (χ1v) is 7.96. The predicted molar refractivity (Wildman–Crippen MR) is 93.5 cm³/mol. The van der Waals surface area contributed by atoms with E-state index >= 15 is 0 Å². The molecule has 3 amide bonds. The minimum atomic E-state index is -0.429. The summed E-state index contributed by atoms with van der Waals surface area (Å²) in [6.07, 6.45) is 0. The van der Waals surface area contributed by atoms with Crippen molar-refractivity contribution in [2.45, 2.75) is 0 Å². The van der Waals surface area contributed by atoms with Crippen LogP contribution in [0, 0.1) is 0 Å². The fraction of sp³-hybridized carbons (Fsp3) is 0.118. The first-order valence-electron chi connectivity index (χ1n) is 7.20. The van der Waals surface area contributed by atoms with Crippen molar-refractivity contribution in [3.63, 3.8) is 0 Å². The van der Waals surface area contributed by atoms with E-state index < -0.39 is 11.8 Å². The number of benzene rings is 2. The molecule has 1 aliphatic heterocycles. The van der Waals surface area contributed by atoms with E-state index in [2.05, 4.69) is 5.32 Å². The van der Waals surface area contributed by atoms with E-state index in [1.165, 1.54) is 31.3 Å². The van der Waals surface area contributed by atoms with E-state index in [1.54, 1.807) is 12.1 Å². The van der Waals surface area contributed by atoms with E-state index in [0.29, 0.717) is 27.0 Å². The molecule has 0 aromatic heterocycles. The summed E-state index contributed by atoms with van der Waals surface area (Å²) in [4.78, 5) is 36.8. The number of imide groups is 1. The topological polar surface area (TPSA) is 75.7 Å². The van der Waals surface area contributed by atoms with Crippen molar-refractivity contribution in [2.75, 3.05) is 19.0 Å². The van der Waals surface area contributed by atoms with E-state index in [9.17, 15) is 14.4 Å². The number of ether oxygens (including phenoxy) is 1. The molecule has 2 aromatic carbocycles. The number of fused-ring (bicyclic) bond motifs is 1. The Kier molecular flexibility index (Phi) is 4.65. The van der Waals surface area contributed by atoms with Gasteiger partial charge in [0.15, 0.2) is 6.61 Å². The molecule has 1 heterocycles. The number of hydrogen-bond donors (Lipinski definition) is 1. The highest BCUT2D eigenvalue weighted by molar-refractivity contribution is 6.34. The standard InChI is InChI=1S/C17H12Cl2N2O4/c1-21-16(23)13-3-2-11(7-14(13)17(21)24)20-15(22)8-25-12-5-9(18)4-10(19)6-12/h2-7H,8H2,1H3,(H,20,22). The zero-order valence-corrected chi connectivity index (χ0v) is 14.5. The SMILES string of the molecule is CN1C(=O)c2ccc(NC(=O)COc3cc(Cl)cc(Cl)c3)cc2C1=O. The van der Waals surface area contributed by atoms with Gasteiger partial charge in [-0.3, -0.25) is 19.3 Å². The van der Waals surface area contributed by atoms with Crippen LogP contribution in [0.4, 0.5) is 5.69 Å². The third-order valence-corrected chi connectivity index (χ3v) is 4.02. The van der Waals surface area contributed by atoms with Gasteiger partial charge in [0.2, 0.25) is 0 Å². The molecule has 0 unspecified atom stereocenters. The summed E-state index contributed by atoms with van der Waals surface area (Å²) in [6.45, 7) is -0.263. The molecule has 0 radical (unpaired) electrons. The second-order valence-corrected chi connectivity index (χ2v) is 6.24. The quantitative estimate of drug-likeness (QED) is 0.828. The normalized spacial score (nSPS) is 13.0. The first kappa shape index (κ1) is 17.3. The molecular formula is C17H12Cl2N2O4. The monoisotopic (exact) mass is 378 g/mol. The number of anilines is 1. The Bertz CT molecular complexity index is 878. The van der Waals surface area contributed by atoms with Crippen molar-refractivity contribution in [3.05, 3.63) is 57.6 Å². The van der Waals surface area contributed by atoms with Gasteiger partial charge < -0.3 is 10.1 Å². The summed E-state index contributed by atoms with van der Waals surface area (Å²) >= 11 is 11.7. The number of halogens is 2. The lowest BCUT2D eigenvalue weighted by Crippen LogP contribution is -2.24. The smallest absolute Gasteiger partial charge is 0.262 e. The Morgan fingerprint density at radius 3 is 2.36 bits per heavy atom. The highest BCUT2D eigenvalue weighted by Crippen LogP contribution is 2.25. The van der Waals surface area contributed by atoms with Crippen molar-refractivity contribution in [1.29, 1.82) is 0 Å². The lowest BCUT2D eigenvalue weighted by Gasteiger charge is -2.09. The van der Waals surface area contributed by atoms with E-state index in [4.69, 9.17) is 27.9 Å². The lowest BCUT2D eigenvalue weighted by atomic mass is 10.1. The molecule has 3 rings (SSSR count). The molecule has 6 nitrogen and oxygen atoms in total. The maximum atomic E-state index is 12.0. The molecule has 0 bridgehead atoms. The zero-order chi connectivity index (χ0) is 18.1. The second kappa shape index (κ2) is 6.74. The van der Waals surface area contributed by atoms with Gasteiger partial charge in [-0.05, 0) is 36.4 Å². The molecule has 8 heteroatoms. The third kappa shape index (κ3) is 3.60. The highest BCUT2D eigenvalue weighted by Gasteiger charge is 2.32. The Balaban J connectivity index is 1.66. The summed E-state index contributed by atoms with van der Waals surface area (Å²) in [6, 6.07) is 9.15. The molecule has 0 aliphatic carbocycles. The first-order chi connectivity index (χ1) is 11.8. The van der Waals surface area contributed by atoms with Gasteiger partial charge in [-0.15, -0.1) is 0 Å². The van der Waals surface area contributed by atoms with Crippen LogP contribution in [0.3, 0.4) is 0 Å². The number of nitrogens with zero attached hydrogens (tertiary/aromatic N) is 1. The van der Waals surface area contributed by atoms with Crippen molar-refractivity contribution >= 4 is 46.6 Å². The number of hydrogen-bond acceptors (Lipinski definition) is 4. The fourth-order valence-corrected chi connectivity index (χ4v) is 2.90. The largest absolute Gasteiger partial charge is 0.484 e. The average molecular weight is 379 g/mol. The third-order valence-electron chi connectivity index (χ3n) is 3.58. The van der Waals surface area contributed by atoms with Gasteiger partial charge in [0.25, 0.3) is 17.7 Å². The number of nitrogens with one attached hydrogen (secondary N) is 1. The molecule has 0 atom stereocenters. The van der Waals surface area contributed by atoms with Crippen LogP contribution >= 0.6 is 23.2 Å². The van der Waals surface area contributed by atoms with Crippen LogP contribution in [0.15, 0.2) is 36.4 Å². The van der Waals surface area contributed by atoms with Crippen LogP contribution in [0.1, 0.15) is 20.7 Å². The lowest BCUT2D eigenvalue weighted by molar-refractivity contribution is -0.118. The van der Waals surface area contributed by atoms with Crippen LogP contribution in [-0.2, 0) is 4.79 Å². The van der Waals surface area contributed by atoms with Crippen molar-refractivity contribution in [1.82, 2.24) is 4.90 Å². The molecule has 0 saturated carbocycles. The van der Waals surface area contributed by atoms with Crippen molar-refractivity contribution in [3.8, 4) is 5.75 Å². The summed E-state index contributed by atoms with van der Waals surface area (Å²) in [5.41, 5.74) is 0.969. The van der Waals surface area contributed by atoms with Crippen LogP contribution in [-0.4, -0.2) is 36.3 Å². The predicted octanol–water partition coefficient (Wildman–Crippen LogP) is 3.24. The van der Waals surface area contributed by atoms with Gasteiger partial charge in [-0.1, -0.05) is 23.2 Å². The van der Waals surface area contributed by atoms with Crippen molar-refractivity contribution in [2.24, 2.45) is 0 Å². The number of carbonyl (C=O) groups is 3. The molecule has 0 spiro atoms. The molecule has 1 N–H and O–H groups in total. The Labute approximate surface area is 153 Å². The van der Waals surface area contributed by atoms with Crippen LogP contribution in [0.25, 0.3) is 0 Å². The van der Waals surface area contributed by atoms with E-state index in [1.807, 2.05) is 0 Å². The molecular weight excluding hydrogens is 367 g/mol. The van der Waals surface area contributed by atoms with Crippen LogP contribution < -0.4 is 10.1 Å². The van der Waals surface area contributed by atoms with E-state index in [-0.39, 0.29) is 18.1 Å². The van der Waals surface area contributed by atoms with Crippen LogP contribution in [0.2, 0.25) is 10.0 Å². The molecule has 0 fully saturated rings. The minimum absolute atomic E-state index is 0.257. The van der Waals surface area contributed by atoms with Gasteiger partial charge in [0.05, 0.1) is 11.1 Å². The van der Waals surface area contributed by atoms with Crippen LogP contribution in [0.5, 0.6) is 5.75 Å². The van der Waals surface area contributed by atoms with Gasteiger partial charge in [0.1, 0.15) is 5.75 Å². The maximum Gasteiger partial charge on any atom is 0.262 e.